The van der Waals surface area contributed by atoms with E-state index in [4.69, 9.17) is 31.6 Å². The SMILES string of the molecule is COc1ccc(-c2nn(Cc3cccc(Cl)c3)cc2C=C(C#N)C#N)cc1OC. The molecule has 0 unspecified atom stereocenters. The van der Waals surface area contributed by atoms with E-state index in [2.05, 4.69) is 5.10 Å². The number of rotatable bonds is 6. The van der Waals surface area contributed by atoms with Crippen LogP contribution in [0.5, 0.6) is 11.5 Å². The third-order valence-electron chi connectivity index (χ3n) is 4.22. The lowest BCUT2D eigenvalue weighted by Crippen LogP contribution is -2.00. The third kappa shape index (κ3) is 4.57. The molecule has 0 fully saturated rings. The molecule has 144 valence electrons. The highest BCUT2D eigenvalue weighted by Gasteiger charge is 2.14. The van der Waals surface area contributed by atoms with Crippen LogP contribution in [0.1, 0.15) is 11.1 Å². The van der Waals surface area contributed by atoms with Gasteiger partial charge in [-0.05, 0) is 42.0 Å². The Labute approximate surface area is 173 Å². The zero-order chi connectivity index (χ0) is 20.8. The molecule has 0 spiro atoms. The Kier molecular flexibility index (Phi) is 6.19. The van der Waals surface area contributed by atoms with Crippen LogP contribution in [0.3, 0.4) is 0 Å². The minimum absolute atomic E-state index is 0.00553. The maximum absolute atomic E-state index is 9.15. The molecule has 0 aliphatic carbocycles. The Bertz CT molecular complexity index is 1140. The van der Waals surface area contributed by atoms with Gasteiger partial charge < -0.3 is 9.47 Å². The Balaban J connectivity index is 2.09. The second-order valence-electron chi connectivity index (χ2n) is 6.11. The number of allylic oxidation sites excluding steroid dienone is 1. The van der Waals surface area contributed by atoms with Crippen molar-refractivity contribution < 1.29 is 9.47 Å². The molecule has 0 aliphatic rings. The molecule has 1 aromatic heterocycles. The molecule has 0 atom stereocenters. The van der Waals surface area contributed by atoms with Crippen LogP contribution < -0.4 is 9.47 Å². The van der Waals surface area contributed by atoms with E-state index in [1.165, 1.54) is 6.08 Å². The minimum atomic E-state index is -0.00553. The smallest absolute Gasteiger partial charge is 0.161 e. The molecule has 6 nitrogen and oxygen atoms in total. The quantitative estimate of drug-likeness (QED) is 0.556. The average molecular weight is 405 g/mol. The number of nitriles is 2. The van der Waals surface area contributed by atoms with Gasteiger partial charge in [0.1, 0.15) is 17.7 Å². The van der Waals surface area contributed by atoms with Crippen LogP contribution >= 0.6 is 11.6 Å². The first kappa shape index (κ1) is 20.0. The van der Waals surface area contributed by atoms with Crippen LogP contribution in [-0.4, -0.2) is 24.0 Å². The van der Waals surface area contributed by atoms with E-state index < -0.39 is 0 Å². The van der Waals surface area contributed by atoms with E-state index in [9.17, 15) is 0 Å². The molecule has 0 radical (unpaired) electrons. The molecule has 2 aromatic carbocycles. The largest absolute Gasteiger partial charge is 0.493 e. The summed E-state index contributed by atoms with van der Waals surface area (Å²) in [5, 5.41) is 23.6. The Hall–Kier alpha value is -3.74. The zero-order valence-corrected chi connectivity index (χ0v) is 16.6. The fourth-order valence-electron chi connectivity index (χ4n) is 2.90. The lowest BCUT2D eigenvalue weighted by atomic mass is 10.1. The van der Waals surface area contributed by atoms with Crippen LogP contribution in [0.15, 0.2) is 54.2 Å². The van der Waals surface area contributed by atoms with Gasteiger partial charge in [-0.3, -0.25) is 4.68 Å². The van der Waals surface area contributed by atoms with Gasteiger partial charge in [-0.1, -0.05) is 23.7 Å². The summed E-state index contributed by atoms with van der Waals surface area (Å²) in [5.74, 6) is 1.16. The standard InChI is InChI=1S/C22H17ClN4O2/c1-28-20-7-6-17(10-21(20)29-2)22-18(8-16(11-24)12-25)14-27(26-22)13-15-4-3-5-19(23)9-15/h3-10,14H,13H2,1-2H3. The van der Waals surface area contributed by atoms with E-state index in [-0.39, 0.29) is 5.57 Å². The number of hydrogen-bond acceptors (Lipinski definition) is 5. The number of benzene rings is 2. The van der Waals surface area contributed by atoms with Crippen LogP contribution in [0.2, 0.25) is 5.02 Å². The first-order valence-corrected chi connectivity index (χ1v) is 9.02. The van der Waals surface area contributed by atoms with Gasteiger partial charge in [0.05, 0.1) is 26.5 Å². The summed E-state index contributed by atoms with van der Waals surface area (Å²) < 4.78 is 12.4. The van der Waals surface area contributed by atoms with Crippen molar-refractivity contribution in [3.05, 3.63) is 70.4 Å². The van der Waals surface area contributed by atoms with Crippen molar-refractivity contribution in [2.24, 2.45) is 0 Å². The van der Waals surface area contributed by atoms with Gasteiger partial charge in [0.25, 0.3) is 0 Å². The fraction of sp³-hybridized carbons (Fsp3) is 0.136. The summed E-state index contributed by atoms with van der Waals surface area (Å²) in [7, 11) is 3.13. The van der Waals surface area contributed by atoms with E-state index in [0.717, 1.165) is 11.1 Å². The highest BCUT2D eigenvalue weighted by atomic mass is 35.5. The molecule has 0 saturated heterocycles. The van der Waals surface area contributed by atoms with E-state index >= 15 is 0 Å². The van der Waals surface area contributed by atoms with Gasteiger partial charge in [-0.25, -0.2) is 0 Å². The maximum atomic E-state index is 9.15. The predicted octanol–water partition coefficient (Wildman–Crippen LogP) is 4.70. The normalized spacial score (nSPS) is 9.97. The van der Waals surface area contributed by atoms with Gasteiger partial charge >= 0.3 is 0 Å². The first-order chi connectivity index (χ1) is 14.1. The Morgan fingerprint density at radius 1 is 1.10 bits per heavy atom. The summed E-state index contributed by atoms with van der Waals surface area (Å²) in [6.07, 6.45) is 3.31. The first-order valence-electron chi connectivity index (χ1n) is 8.64. The van der Waals surface area contributed by atoms with Crippen LogP contribution in [0.25, 0.3) is 17.3 Å². The van der Waals surface area contributed by atoms with Gasteiger partial charge in [-0.15, -0.1) is 0 Å². The molecular formula is C22H17ClN4O2. The predicted molar refractivity (Wildman–Crippen MR) is 111 cm³/mol. The van der Waals surface area contributed by atoms with Crippen LogP contribution in [-0.2, 0) is 6.54 Å². The highest BCUT2D eigenvalue weighted by molar-refractivity contribution is 6.30. The van der Waals surface area contributed by atoms with Crippen molar-refractivity contribution in [1.82, 2.24) is 9.78 Å². The Morgan fingerprint density at radius 3 is 2.52 bits per heavy atom. The lowest BCUT2D eigenvalue weighted by Gasteiger charge is -2.09. The second kappa shape index (κ2) is 8.97. The number of nitrogens with zero attached hydrogens (tertiary/aromatic N) is 4. The zero-order valence-electron chi connectivity index (χ0n) is 15.9. The minimum Gasteiger partial charge on any atom is -0.493 e. The topological polar surface area (TPSA) is 83.9 Å². The summed E-state index contributed by atoms with van der Waals surface area (Å²) in [6.45, 7) is 0.489. The van der Waals surface area contributed by atoms with Crippen molar-refractivity contribution in [3.63, 3.8) is 0 Å². The second-order valence-corrected chi connectivity index (χ2v) is 6.55. The van der Waals surface area contributed by atoms with E-state index in [1.54, 1.807) is 37.2 Å². The molecule has 0 N–H and O–H groups in total. The number of methoxy groups -OCH3 is 2. The van der Waals surface area contributed by atoms with Crippen molar-refractivity contribution in [2.75, 3.05) is 14.2 Å². The molecule has 3 rings (SSSR count). The number of halogens is 1. The number of hydrogen-bond donors (Lipinski definition) is 0. The fourth-order valence-corrected chi connectivity index (χ4v) is 3.11. The van der Waals surface area contributed by atoms with Gasteiger partial charge in [0.15, 0.2) is 11.5 Å². The lowest BCUT2D eigenvalue weighted by molar-refractivity contribution is 0.355. The van der Waals surface area contributed by atoms with Crippen LogP contribution in [0, 0.1) is 22.7 Å². The summed E-state index contributed by atoms with van der Waals surface area (Å²) in [4.78, 5) is 0. The molecule has 29 heavy (non-hydrogen) atoms. The van der Waals surface area contributed by atoms with Crippen molar-refractivity contribution in [1.29, 1.82) is 10.5 Å². The third-order valence-corrected chi connectivity index (χ3v) is 4.46. The molecule has 3 aromatic rings. The van der Waals surface area contributed by atoms with Crippen LogP contribution in [0.4, 0.5) is 0 Å². The van der Waals surface area contributed by atoms with E-state index in [1.807, 2.05) is 42.5 Å². The summed E-state index contributed by atoms with van der Waals surface area (Å²) >= 11 is 6.07. The van der Waals surface area contributed by atoms with E-state index in [0.29, 0.717) is 34.3 Å². The van der Waals surface area contributed by atoms with Gasteiger partial charge in [0, 0.05) is 22.3 Å². The highest BCUT2D eigenvalue weighted by Crippen LogP contribution is 2.33. The number of aromatic nitrogens is 2. The molecule has 0 aliphatic heterocycles. The van der Waals surface area contributed by atoms with Crippen molar-refractivity contribution >= 4 is 17.7 Å². The van der Waals surface area contributed by atoms with Gasteiger partial charge in [0.2, 0.25) is 0 Å². The Morgan fingerprint density at radius 2 is 1.86 bits per heavy atom. The van der Waals surface area contributed by atoms with Crippen molar-refractivity contribution in [2.45, 2.75) is 6.54 Å². The van der Waals surface area contributed by atoms with Gasteiger partial charge in [-0.2, -0.15) is 15.6 Å². The monoisotopic (exact) mass is 404 g/mol. The molecule has 0 bridgehead atoms. The number of ether oxygens (including phenoxy) is 2. The molecule has 0 saturated carbocycles. The maximum Gasteiger partial charge on any atom is 0.161 e. The van der Waals surface area contributed by atoms with Crippen molar-refractivity contribution in [3.8, 4) is 34.9 Å². The molecule has 1 heterocycles. The molecular weight excluding hydrogens is 388 g/mol. The molecule has 0 amide bonds. The molecule has 7 heteroatoms. The summed E-state index contributed by atoms with van der Waals surface area (Å²) in [5.41, 5.74) is 3.02. The average Bonchev–Trinajstić information content (AvgIpc) is 3.13. The summed E-state index contributed by atoms with van der Waals surface area (Å²) in [6, 6.07) is 16.7.